The van der Waals surface area contributed by atoms with Gasteiger partial charge in [0.1, 0.15) is 11.6 Å². The van der Waals surface area contributed by atoms with Crippen molar-refractivity contribution in [2.24, 2.45) is 0 Å². The number of amides is 1. The van der Waals surface area contributed by atoms with Gasteiger partial charge in [-0.05, 0) is 42.8 Å². The Morgan fingerprint density at radius 3 is 2.38 bits per heavy atom. The monoisotopic (exact) mass is 290 g/mol. The first kappa shape index (κ1) is 15.0. The SMILES string of the molecule is CNC(=O)c1cccc(NC(C)c2cc(F)cc(F)c2)c1. The zero-order valence-electron chi connectivity index (χ0n) is 11.8. The molecule has 2 aromatic carbocycles. The molecular formula is C16H16F2N2O. The highest BCUT2D eigenvalue weighted by Crippen LogP contribution is 2.21. The summed E-state index contributed by atoms with van der Waals surface area (Å²) in [6, 6.07) is 10.0. The van der Waals surface area contributed by atoms with E-state index >= 15 is 0 Å². The Bertz CT molecular complexity index is 638. The van der Waals surface area contributed by atoms with Gasteiger partial charge in [-0.15, -0.1) is 0 Å². The molecule has 0 spiro atoms. The lowest BCUT2D eigenvalue weighted by atomic mass is 10.1. The molecule has 0 aliphatic rings. The lowest BCUT2D eigenvalue weighted by molar-refractivity contribution is 0.0963. The molecule has 1 unspecified atom stereocenters. The number of anilines is 1. The van der Waals surface area contributed by atoms with E-state index in [0.29, 0.717) is 16.8 Å². The number of rotatable bonds is 4. The minimum atomic E-state index is -0.613. The average Bonchev–Trinajstić information content (AvgIpc) is 2.45. The van der Waals surface area contributed by atoms with E-state index in [4.69, 9.17) is 0 Å². The molecule has 0 aliphatic carbocycles. The molecule has 21 heavy (non-hydrogen) atoms. The van der Waals surface area contributed by atoms with Crippen LogP contribution in [0.1, 0.15) is 28.9 Å². The van der Waals surface area contributed by atoms with Crippen LogP contribution in [-0.2, 0) is 0 Å². The Labute approximate surface area is 122 Å². The topological polar surface area (TPSA) is 41.1 Å². The number of benzene rings is 2. The van der Waals surface area contributed by atoms with Crippen molar-refractivity contribution < 1.29 is 13.6 Å². The van der Waals surface area contributed by atoms with Crippen LogP contribution >= 0.6 is 0 Å². The number of halogens is 2. The van der Waals surface area contributed by atoms with E-state index in [-0.39, 0.29) is 11.9 Å². The molecule has 0 aliphatic heterocycles. The molecule has 0 saturated carbocycles. The second-order valence-electron chi connectivity index (χ2n) is 4.73. The van der Waals surface area contributed by atoms with Gasteiger partial charge >= 0.3 is 0 Å². The lowest BCUT2D eigenvalue weighted by Gasteiger charge is -2.16. The molecule has 2 aromatic rings. The molecule has 0 fully saturated rings. The van der Waals surface area contributed by atoms with Gasteiger partial charge in [-0.3, -0.25) is 4.79 Å². The molecule has 0 saturated heterocycles. The van der Waals surface area contributed by atoms with Crippen LogP contribution in [0.4, 0.5) is 14.5 Å². The first-order chi connectivity index (χ1) is 9.99. The molecule has 0 aromatic heterocycles. The summed E-state index contributed by atoms with van der Waals surface area (Å²) in [6.45, 7) is 1.79. The first-order valence-electron chi connectivity index (χ1n) is 6.54. The van der Waals surface area contributed by atoms with Crippen molar-refractivity contribution in [3.05, 3.63) is 65.2 Å². The highest BCUT2D eigenvalue weighted by molar-refractivity contribution is 5.94. The Balaban J connectivity index is 2.19. The molecule has 5 heteroatoms. The van der Waals surface area contributed by atoms with Gasteiger partial charge < -0.3 is 10.6 Å². The van der Waals surface area contributed by atoms with E-state index in [0.717, 1.165) is 6.07 Å². The van der Waals surface area contributed by atoms with Gasteiger partial charge in [-0.1, -0.05) is 6.07 Å². The summed E-state index contributed by atoms with van der Waals surface area (Å²) in [5.74, 6) is -1.42. The highest BCUT2D eigenvalue weighted by Gasteiger charge is 2.10. The first-order valence-corrected chi connectivity index (χ1v) is 6.54. The fourth-order valence-corrected chi connectivity index (χ4v) is 2.05. The maximum Gasteiger partial charge on any atom is 0.251 e. The van der Waals surface area contributed by atoms with Gasteiger partial charge in [0.05, 0.1) is 0 Å². The van der Waals surface area contributed by atoms with Crippen LogP contribution in [0.2, 0.25) is 0 Å². The zero-order valence-corrected chi connectivity index (χ0v) is 11.8. The Kier molecular flexibility index (Phi) is 4.52. The predicted octanol–water partition coefficient (Wildman–Crippen LogP) is 3.50. The van der Waals surface area contributed by atoms with Gasteiger partial charge in [0.25, 0.3) is 5.91 Å². The molecular weight excluding hydrogens is 274 g/mol. The minimum Gasteiger partial charge on any atom is -0.378 e. The van der Waals surface area contributed by atoms with Crippen molar-refractivity contribution in [1.29, 1.82) is 0 Å². The molecule has 2 N–H and O–H groups in total. The van der Waals surface area contributed by atoms with Gasteiger partial charge in [0.2, 0.25) is 0 Å². The number of hydrogen-bond acceptors (Lipinski definition) is 2. The van der Waals surface area contributed by atoms with Crippen molar-refractivity contribution >= 4 is 11.6 Å². The van der Waals surface area contributed by atoms with Gasteiger partial charge in [-0.25, -0.2) is 8.78 Å². The van der Waals surface area contributed by atoms with E-state index < -0.39 is 11.6 Å². The van der Waals surface area contributed by atoms with Crippen molar-refractivity contribution in [1.82, 2.24) is 5.32 Å². The van der Waals surface area contributed by atoms with E-state index in [2.05, 4.69) is 10.6 Å². The van der Waals surface area contributed by atoms with Crippen LogP contribution in [0, 0.1) is 11.6 Å². The molecule has 0 bridgehead atoms. The quantitative estimate of drug-likeness (QED) is 0.905. The Morgan fingerprint density at radius 2 is 1.76 bits per heavy atom. The van der Waals surface area contributed by atoms with Gasteiger partial charge in [0, 0.05) is 30.4 Å². The molecule has 3 nitrogen and oxygen atoms in total. The summed E-state index contributed by atoms with van der Waals surface area (Å²) in [4.78, 5) is 11.6. The number of carbonyl (C=O) groups is 1. The van der Waals surface area contributed by atoms with Crippen molar-refractivity contribution in [3.63, 3.8) is 0 Å². The lowest BCUT2D eigenvalue weighted by Crippen LogP contribution is -2.18. The molecule has 1 amide bonds. The standard InChI is InChI=1S/C16H16F2N2O/c1-10(12-6-13(17)9-14(18)7-12)20-15-5-3-4-11(8-15)16(21)19-2/h3-10,20H,1-2H3,(H,19,21). The van der Waals surface area contributed by atoms with Crippen LogP contribution in [0.3, 0.4) is 0 Å². The second kappa shape index (κ2) is 6.35. The Morgan fingerprint density at radius 1 is 1.10 bits per heavy atom. The molecule has 2 rings (SSSR count). The zero-order chi connectivity index (χ0) is 15.4. The Hall–Kier alpha value is -2.43. The predicted molar refractivity (Wildman–Crippen MR) is 78.2 cm³/mol. The molecule has 0 heterocycles. The van der Waals surface area contributed by atoms with Crippen LogP contribution < -0.4 is 10.6 Å². The van der Waals surface area contributed by atoms with E-state index in [9.17, 15) is 13.6 Å². The van der Waals surface area contributed by atoms with Gasteiger partial charge in [0.15, 0.2) is 0 Å². The third kappa shape index (κ3) is 3.78. The van der Waals surface area contributed by atoms with Crippen LogP contribution in [0.5, 0.6) is 0 Å². The molecule has 0 radical (unpaired) electrons. The normalized spacial score (nSPS) is 11.8. The third-order valence-corrected chi connectivity index (χ3v) is 3.12. The van der Waals surface area contributed by atoms with E-state index in [1.807, 2.05) is 0 Å². The summed E-state index contributed by atoms with van der Waals surface area (Å²) >= 11 is 0. The summed E-state index contributed by atoms with van der Waals surface area (Å²) in [7, 11) is 1.56. The summed E-state index contributed by atoms with van der Waals surface area (Å²) in [5, 5.41) is 5.66. The maximum atomic E-state index is 13.2. The number of nitrogens with one attached hydrogen (secondary N) is 2. The van der Waals surface area contributed by atoms with E-state index in [1.165, 1.54) is 12.1 Å². The van der Waals surface area contributed by atoms with Crippen molar-refractivity contribution in [3.8, 4) is 0 Å². The summed E-state index contributed by atoms with van der Waals surface area (Å²) in [5.41, 5.74) is 1.71. The third-order valence-electron chi connectivity index (χ3n) is 3.12. The van der Waals surface area contributed by atoms with Crippen LogP contribution in [-0.4, -0.2) is 13.0 Å². The molecule has 1 atom stereocenters. The fourth-order valence-electron chi connectivity index (χ4n) is 2.05. The number of hydrogen-bond donors (Lipinski definition) is 2. The largest absolute Gasteiger partial charge is 0.378 e. The van der Waals surface area contributed by atoms with Gasteiger partial charge in [-0.2, -0.15) is 0 Å². The molecule has 110 valence electrons. The van der Waals surface area contributed by atoms with Crippen LogP contribution in [0.15, 0.2) is 42.5 Å². The summed E-state index contributed by atoms with van der Waals surface area (Å²) < 4.78 is 26.4. The smallest absolute Gasteiger partial charge is 0.251 e. The maximum absolute atomic E-state index is 13.2. The van der Waals surface area contributed by atoms with E-state index in [1.54, 1.807) is 38.2 Å². The number of carbonyl (C=O) groups excluding carboxylic acids is 1. The minimum absolute atomic E-state index is 0.192. The highest BCUT2D eigenvalue weighted by atomic mass is 19.1. The average molecular weight is 290 g/mol. The second-order valence-corrected chi connectivity index (χ2v) is 4.73. The summed E-state index contributed by atoms with van der Waals surface area (Å²) in [6.07, 6.45) is 0. The van der Waals surface area contributed by atoms with Crippen LogP contribution in [0.25, 0.3) is 0 Å². The fraction of sp³-hybridized carbons (Fsp3) is 0.188. The van der Waals surface area contributed by atoms with Crippen molar-refractivity contribution in [2.75, 3.05) is 12.4 Å². The van der Waals surface area contributed by atoms with Crippen molar-refractivity contribution in [2.45, 2.75) is 13.0 Å².